The lowest BCUT2D eigenvalue weighted by Gasteiger charge is -2.45. The van der Waals surface area contributed by atoms with Crippen molar-refractivity contribution in [2.45, 2.75) is 75.9 Å². The van der Waals surface area contributed by atoms with E-state index < -0.39 is 42.2 Å². The van der Waals surface area contributed by atoms with E-state index in [0.29, 0.717) is 42.7 Å². The van der Waals surface area contributed by atoms with E-state index in [1.165, 1.54) is 11.0 Å². The van der Waals surface area contributed by atoms with Crippen molar-refractivity contribution in [1.29, 1.82) is 5.41 Å². The number of guanidine groups is 1. The molecule has 0 radical (unpaired) electrons. The summed E-state index contributed by atoms with van der Waals surface area (Å²) >= 11 is 0. The second-order valence-corrected chi connectivity index (χ2v) is 10.3. The summed E-state index contributed by atoms with van der Waals surface area (Å²) in [5.41, 5.74) is 0.806. The Morgan fingerprint density at radius 3 is 2.59 bits per heavy atom. The first-order valence-electron chi connectivity index (χ1n) is 13.1. The maximum Gasteiger partial charge on any atom is 0.425 e. The minimum atomic E-state index is -4.58. The Balaban J connectivity index is 1.41. The number of halogens is 3. The summed E-state index contributed by atoms with van der Waals surface area (Å²) in [6.45, 7) is 4.30. The van der Waals surface area contributed by atoms with Gasteiger partial charge in [-0.05, 0) is 37.1 Å². The number of hydrogen-bond donors (Lipinski definition) is 3. The maximum absolute atomic E-state index is 13.5. The lowest BCUT2D eigenvalue weighted by molar-refractivity contribution is -0.201. The fourth-order valence-electron chi connectivity index (χ4n) is 5.64. The van der Waals surface area contributed by atoms with Crippen molar-refractivity contribution in [3.63, 3.8) is 0 Å². The molecule has 2 aromatic rings. The van der Waals surface area contributed by atoms with Gasteiger partial charge in [0.25, 0.3) is 5.91 Å². The van der Waals surface area contributed by atoms with Gasteiger partial charge in [-0.25, -0.2) is 0 Å². The Morgan fingerprint density at radius 2 is 1.90 bits per heavy atom. The number of carbonyl (C=O) groups excluding carboxylic acids is 2. The molecule has 3 aliphatic rings. The van der Waals surface area contributed by atoms with Crippen molar-refractivity contribution in [2.24, 2.45) is 0 Å². The van der Waals surface area contributed by atoms with Crippen molar-refractivity contribution >= 4 is 17.8 Å². The molecule has 39 heavy (non-hydrogen) atoms. The van der Waals surface area contributed by atoms with E-state index in [4.69, 9.17) is 14.9 Å². The lowest BCUT2D eigenvalue weighted by atomic mass is 9.85. The highest BCUT2D eigenvalue weighted by molar-refractivity contribution is 6.00. The van der Waals surface area contributed by atoms with Crippen LogP contribution in [-0.2, 0) is 4.79 Å². The summed E-state index contributed by atoms with van der Waals surface area (Å²) in [7, 11) is 0. The van der Waals surface area contributed by atoms with Crippen molar-refractivity contribution in [2.75, 3.05) is 6.61 Å². The van der Waals surface area contributed by atoms with Crippen LogP contribution >= 0.6 is 0 Å². The van der Waals surface area contributed by atoms with Crippen LogP contribution in [0.2, 0.25) is 0 Å². The molecule has 1 fully saturated rings. The minimum absolute atomic E-state index is 0.0136. The fourth-order valence-corrected chi connectivity index (χ4v) is 5.64. The molecular formula is C28H31F3N4O4. The van der Waals surface area contributed by atoms with Gasteiger partial charge in [0.05, 0.1) is 25.1 Å². The highest BCUT2D eigenvalue weighted by Crippen LogP contribution is 2.42. The molecule has 0 bridgehead atoms. The standard InChI is InChI=1S/C28H31F3N4O4/c1-3-27(4-2)15-24(36)35(26(32)34-27)20-11-12-38-21-10-9-16(13-18(20)21)25(37)33-19-14-23(28(29,30)31)39-22-8-6-5-7-17(19)22/h5-10,13,19-20,23H,3-4,11-12,14-15H2,1-2H3,(H2,32,34)(H,33,37)/t19-,20+,23+/m0/s1. The third-order valence-corrected chi connectivity index (χ3v) is 8.01. The van der Waals surface area contributed by atoms with E-state index in [1.54, 1.807) is 36.4 Å². The summed E-state index contributed by atoms with van der Waals surface area (Å²) in [6.07, 6.45) is -5.00. The molecule has 3 N–H and O–H groups in total. The number of benzene rings is 2. The molecule has 0 unspecified atom stereocenters. The van der Waals surface area contributed by atoms with E-state index >= 15 is 0 Å². The SMILES string of the molecule is CCC1(CC)CC(=O)N([C@@H]2CCOc3ccc(C(=O)N[C@H]4C[C@H](C(F)(F)F)Oc5ccccc54)cc32)C(=N)N1. The van der Waals surface area contributed by atoms with Crippen molar-refractivity contribution in [1.82, 2.24) is 15.5 Å². The van der Waals surface area contributed by atoms with Crippen LogP contribution in [0, 0.1) is 5.41 Å². The molecular weight excluding hydrogens is 513 g/mol. The zero-order valence-electron chi connectivity index (χ0n) is 21.7. The molecule has 2 amide bonds. The van der Waals surface area contributed by atoms with Crippen LogP contribution in [-0.4, -0.2) is 47.1 Å². The molecule has 5 rings (SSSR count). The Bertz CT molecular complexity index is 1270. The number of hydrogen-bond acceptors (Lipinski definition) is 5. The fraction of sp³-hybridized carbons (Fsp3) is 0.464. The maximum atomic E-state index is 13.5. The van der Waals surface area contributed by atoms with Crippen LogP contribution in [0.15, 0.2) is 42.5 Å². The molecule has 1 saturated heterocycles. The largest absolute Gasteiger partial charge is 0.493 e. The first-order valence-corrected chi connectivity index (χ1v) is 13.1. The molecule has 0 saturated carbocycles. The van der Waals surface area contributed by atoms with Gasteiger partial charge < -0.3 is 20.1 Å². The van der Waals surface area contributed by atoms with Crippen molar-refractivity contribution in [3.05, 3.63) is 59.2 Å². The highest BCUT2D eigenvalue weighted by Gasteiger charge is 2.47. The number of nitrogens with one attached hydrogen (secondary N) is 3. The summed E-state index contributed by atoms with van der Waals surface area (Å²) in [4.78, 5) is 28.0. The molecule has 3 heterocycles. The predicted molar refractivity (Wildman–Crippen MR) is 137 cm³/mol. The van der Waals surface area contributed by atoms with Crippen LogP contribution in [0.3, 0.4) is 0 Å². The molecule has 11 heteroatoms. The number of carbonyl (C=O) groups is 2. The van der Waals surface area contributed by atoms with E-state index in [1.807, 2.05) is 13.8 Å². The molecule has 2 aromatic carbocycles. The molecule has 3 atom stereocenters. The predicted octanol–water partition coefficient (Wildman–Crippen LogP) is 5.01. The quantitative estimate of drug-likeness (QED) is 0.491. The number of amides is 2. The van der Waals surface area contributed by atoms with Crippen LogP contribution < -0.4 is 20.1 Å². The summed E-state index contributed by atoms with van der Waals surface area (Å²) in [5.74, 6) is -0.134. The van der Waals surface area contributed by atoms with Gasteiger partial charge in [-0.2, -0.15) is 13.2 Å². The van der Waals surface area contributed by atoms with Crippen molar-refractivity contribution in [3.8, 4) is 11.5 Å². The first-order chi connectivity index (χ1) is 18.5. The van der Waals surface area contributed by atoms with Gasteiger partial charge in [0.15, 0.2) is 12.1 Å². The van der Waals surface area contributed by atoms with Crippen molar-refractivity contribution < 1.29 is 32.2 Å². The second-order valence-electron chi connectivity index (χ2n) is 10.3. The number of alkyl halides is 3. The Labute approximate surface area is 224 Å². The monoisotopic (exact) mass is 544 g/mol. The van der Waals surface area contributed by atoms with E-state index in [9.17, 15) is 22.8 Å². The average Bonchev–Trinajstić information content (AvgIpc) is 2.91. The van der Waals surface area contributed by atoms with E-state index in [-0.39, 0.29) is 29.6 Å². The van der Waals surface area contributed by atoms with Crippen LogP contribution in [0.4, 0.5) is 13.2 Å². The second kappa shape index (κ2) is 10.1. The zero-order chi connectivity index (χ0) is 27.9. The van der Waals surface area contributed by atoms with Crippen LogP contribution in [0.25, 0.3) is 0 Å². The van der Waals surface area contributed by atoms with Gasteiger partial charge in [-0.1, -0.05) is 32.0 Å². The molecule has 0 aliphatic carbocycles. The van der Waals surface area contributed by atoms with Crippen LogP contribution in [0.5, 0.6) is 11.5 Å². The van der Waals surface area contributed by atoms with Gasteiger partial charge in [0.2, 0.25) is 5.91 Å². The normalized spacial score (nSPS) is 24.0. The Kier molecular flexibility index (Phi) is 6.94. The van der Waals surface area contributed by atoms with Gasteiger partial charge >= 0.3 is 6.18 Å². The highest BCUT2D eigenvalue weighted by atomic mass is 19.4. The third kappa shape index (κ3) is 5.02. The number of rotatable bonds is 5. The average molecular weight is 545 g/mol. The van der Waals surface area contributed by atoms with E-state index in [0.717, 1.165) is 0 Å². The molecule has 0 spiro atoms. The van der Waals surface area contributed by atoms with E-state index in [2.05, 4.69) is 10.6 Å². The molecule has 3 aliphatic heterocycles. The van der Waals surface area contributed by atoms with Crippen LogP contribution in [0.1, 0.15) is 79.5 Å². The number of fused-ring (bicyclic) bond motifs is 2. The lowest BCUT2D eigenvalue weighted by Crippen LogP contribution is -2.62. The smallest absolute Gasteiger partial charge is 0.425 e. The third-order valence-electron chi connectivity index (χ3n) is 8.01. The topological polar surface area (TPSA) is 104 Å². The first kappa shape index (κ1) is 26.8. The molecule has 0 aromatic heterocycles. The Hall–Kier alpha value is -3.76. The number of ether oxygens (including phenoxy) is 2. The van der Waals surface area contributed by atoms with Gasteiger partial charge in [-0.3, -0.25) is 19.9 Å². The summed E-state index contributed by atoms with van der Waals surface area (Å²) < 4.78 is 51.5. The summed E-state index contributed by atoms with van der Waals surface area (Å²) in [6, 6.07) is 9.70. The minimum Gasteiger partial charge on any atom is -0.493 e. The van der Waals surface area contributed by atoms with Gasteiger partial charge in [0.1, 0.15) is 11.5 Å². The number of nitrogens with zero attached hydrogens (tertiary/aromatic N) is 1. The van der Waals surface area contributed by atoms with Gasteiger partial charge in [0, 0.05) is 35.1 Å². The number of para-hydroxylation sites is 1. The van der Waals surface area contributed by atoms with Gasteiger partial charge in [-0.15, -0.1) is 0 Å². The summed E-state index contributed by atoms with van der Waals surface area (Å²) in [5, 5.41) is 14.6. The molecule has 208 valence electrons. The zero-order valence-corrected chi connectivity index (χ0v) is 21.7. The molecule has 8 nitrogen and oxygen atoms in total. The Morgan fingerprint density at radius 1 is 1.15 bits per heavy atom.